The Morgan fingerprint density at radius 3 is 3.17 bits per heavy atom. The molecule has 0 aromatic heterocycles. The number of ether oxygens (including phenoxy) is 2. The van der Waals surface area contributed by atoms with E-state index in [2.05, 4.69) is 5.32 Å². The number of carbonyl (C=O) groups is 1. The molecule has 1 unspecified atom stereocenters. The van der Waals surface area contributed by atoms with Crippen molar-refractivity contribution in [1.82, 2.24) is 0 Å². The fraction of sp³-hybridized carbons (Fsp3) is 0.462. The van der Waals surface area contributed by atoms with Crippen LogP contribution in [-0.2, 0) is 9.53 Å². The minimum atomic E-state index is -0.475. The standard InChI is InChI=1S/C13H18N2O3/c14-13(16)9-18-12-3-1-2-11(6-12)15-7-10-4-5-17-8-10/h1-3,6,10,15H,4-5,7-9H2,(H2,14,16). The van der Waals surface area contributed by atoms with Gasteiger partial charge in [-0.3, -0.25) is 4.79 Å². The molecule has 1 aromatic carbocycles. The second-order valence-electron chi connectivity index (χ2n) is 4.39. The highest BCUT2D eigenvalue weighted by Gasteiger charge is 2.14. The summed E-state index contributed by atoms with van der Waals surface area (Å²) in [6, 6.07) is 7.50. The molecule has 2 rings (SSSR count). The molecule has 1 heterocycles. The molecular weight excluding hydrogens is 232 g/mol. The zero-order chi connectivity index (χ0) is 12.8. The van der Waals surface area contributed by atoms with E-state index in [1.807, 2.05) is 18.2 Å². The van der Waals surface area contributed by atoms with Crippen molar-refractivity contribution in [3.05, 3.63) is 24.3 Å². The van der Waals surface area contributed by atoms with Gasteiger partial charge in [0.15, 0.2) is 6.61 Å². The van der Waals surface area contributed by atoms with Crippen LogP contribution >= 0.6 is 0 Å². The Morgan fingerprint density at radius 2 is 2.44 bits per heavy atom. The second-order valence-corrected chi connectivity index (χ2v) is 4.39. The van der Waals surface area contributed by atoms with Gasteiger partial charge < -0.3 is 20.5 Å². The molecule has 0 bridgehead atoms. The molecular formula is C13H18N2O3. The highest BCUT2D eigenvalue weighted by molar-refractivity contribution is 5.75. The van der Waals surface area contributed by atoms with Gasteiger partial charge in [-0.05, 0) is 18.6 Å². The average molecular weight is 250 g/mol. The summed E-state index contributed by atoms with van der Waals surface area (Å²) in [4.78, 5) is 10.6. The number of anilines is 1. The van der Waals surface area contributed by atoms with E-state index in [9.17, 15) is 4.79 Å². The highest BCUT2D eigenvalue weighted by Crippen LogP contribution is 2.19. The first-order valence-electron chi connectivity index (χ1n) is 6.07. The fourth-order valence-corrected chi connectivity index (χ4v) is 1.86. The van der Waals surface area contributed by atoms with E-state index in [0.717, 1.165) is 31.9 Å². The van der Waals surface area contributed by atoms with Crippen molar-refractivity contribution < 1.29 is 14.3 Å². The molecule has 1 fully saturated rings. The molecule has 0 spiro atoms. The van der Waals surface area contributed by atoms with Gasteiger partial charge in [-0.2, -0.15) is 0 Å². The molecule has 1 aliphatic rings. The number of nitrogens with one attached hydrogen (secondary N) is 1. The van der Waals surface area contributed by atoms with Crippen molar-refractivity contribution in [2.75, 3.05) is 31.7 Å². The summed E-state index contributed by atoms with van der Waals surface area (Å²) < 4.78 is 10.6. The first-order chi connectivity index (χ1) is 8.74. The smallest absolute Gasteiger partial charge is 0.255 e. The Morgan fingerprint density at radius 1 is 1.56 bits per heavy atom. The number of rotatable bonds is 6. The van der Waals surface area contributed by atoms with Crippen LogP contribution in [0.3, 0.4) is 0 Å². The lowest BCUT2D eigenvalue weighted by Gasteiger charge is -2.12. The maximum Gasteiger partial charge on any atom is 0.255 e. The van der Waals surface area contributed by atoms with Crippen molar-refractivity contribution >= 4 is 11.6 Å². The third-order valence-corrected chi connectivity index (χ3v) is 2.83. The summed E-state index contributed by atoms with van der Waals surface area (Å²) >= 11 is 0. The number of benzene rings is 1. The van der Waals surface area contributed by atoms with Crippen LogP contribution in [0.1, 0.15) is 6.42 Å². The van der Waals surface area contributed by atoms with E-state index < -0.39 is 5.91 Å². The Balaban J connectivity index is 1.84. The minimum absolute atomic E-state index is 0.0973. The summed E-state index contributed by atoms with van der Waals surface area (Å²) in [6.45, 7) is 2.47. The van der Waals surface area contributed by atoms with Crippen LogP contribution in [-0.4, -0.2) is 32.3 Å². The first kappa shape index (κ1) is 12.7. The Bertz CT molecular complexity index is 403. The van der Waals surface area contributed by atoms with Crippen molar-refractivity contribution in [2.24, 2.45) is 11.7 Å². The Labute approximate surface area is 106 Å². The molecule has 5 nitrogen and oxygen atoms in total. The van der Waals surface area contributed by atoms with E-state index >= 15 is 0 Å². The van der Waals surface area contributed by atoms with Crippen molar-refractivity contribution in [2.45, 2.75) is 6.42 Å². The molecule has 98 valence electrons. The quantitative estimate of drug-likeness (QED) is 0.790. The second kappa shape index (κ2) is 6.26. The van der Waals surface area contributed by atoms with Crippen LogP contribution in [0, 0.1) is 5.92 Å². The van der Waals surface area contributed by atoms with E-state index in [-0.39, 0.29) is 6.61 Å². The number of nitrogens with two attached hydrogens (primary N) is 1. The molecule has 18 heavy (non-hydrogen) atoms. The maximum atomic E-state index is 10.6. The predicted molar refractivity (Wildman–Crippen MR) is 68.5 cm³/mol. The van der Waals surface area contributed by atoms with Gasteiger partial charge in [0.25, 0.3) is 5.91 Å². The van der Waals surface area contributed by atoms with Crippen LogP contribution < -0.4 is 15.8 Å². The lowest BCUT2D eigenvalue weighted by Crippen LogP contribution is -2.20. The number of primary amides is 1. The zero-order valence-corrected chi connectivity index (χ0v) is 10.2. The predicted octanol–water partition coefficient (Wildman–Crippen LogP) is 0.999. The highest BCUT2D eigenvalue weighted by atomic mass is 16.5. The molecule has 1 aliphatic heterocycles. The lowest BCUT2D eigenvalue weighted by molar-refractivity contribution is -0.119. The SMILES string of the molecule is NC(=O)COc1cccc(NCC2CCOC2)c1. The summed E-state index contributed by atoms with van der Waals surface area (Å²) in [5.74, 6) is 0.734. The summed E-state index contributed by atoms with van der Waals surface area (Å²) in [7, 11) is 0. The monoisotopic (exact) mass is 250 g/mol. The summed E-state index contributed by atoms with van der Waals surface area (Å²) in [5, 5.41) is 3.34. The van der Waals surface area contributed by atoms with Crippen molar-refractivity contribution in [3.8, 4) is 5.75 Å². The topological polar surface area (TPSA) is 73.6 Å². The summed E-state index contributed by atoms with van der Waals surface area (Å²) in [6.07, 6.45) is 1.10. The molecule has 1 atom stereocenters. The molecule has 1 saturated heterocycles. The van der Waals surface area contributed by atoms with Crippen LogP contribution in [0.2, 0.25) is 0 Å². The van der Waals surface area contributed by atoms with Gasteiger partial charge in [0.05, 0.1) is 6.61 Å². The van der Waals surface area contributed by atoms with Gasteiger partial charge in [-0.1, -0.05) is 6.07 Å². The van der Waals surface area contributed by atoms with Gasteiger partial charge in [0, 0.05) is 30.8 Å². The van der Waals surface area contributed by atoms with E-state index in [0.29, 0.717) is 11.7 Å². The van der Waals surface area contributed by atoms with Gasteiger partial charge in [0.2, 0.25) is 0 Å². The van der Waals surface area contributed by atoms with Gasteiger partial charge in [-0.15, -0.1) is 0 Å². The van der Waals surface area contributed by atoms with Crippen molar-refractivity contribution in [1.29, 1.82) is 0 Å². The van der Waals surface area contributed by atoms with Gasteiger partial charge >= 0.3 is 0 Å². The molecule has 0 saturated carbocycles. The van der Waals surface area contributed by atoms with Crippen LogP contribution in [0.4, 0.5) is 5.69 Å². The van der Waals surface area contributed by atoms with Crippen LogP contribution in [0.5, 0.6) is 5.75 Å². The van der Waals surface area contributed by atoms with E-state index in [4.69, 9.17) is 15.2 Å². The largest absolute Gasteiger partial charge is 0.484 e. The zero-order valence-electron chi connectivity index (χ0n) is 10.2. The average Bonchev–Trinajstić information content (AvgIpc) is 2.87. The maximum absolute atomic E-state index is 10.6. The third kappa shape index (κ3) is 3.92. The van der Waals surface area contributed by atoms with E-state index in [1.165, 1.54) is 0 Å². The Hall–Kier alpha value is -1.75. The third-order valence-electron chi connectivity index (χ3n) is 2.83. The summed E-state index contributed by atoms with van der Waals surface area (Å²) in [5.41, 5.74) is 6.00. The first-order valence-corrected chi connectivity index (χ1v) is 6.07. The molecule has 1 aromatic rings. The lowest BCUT2D eigenvalue weighted by atomic mass is 10.1. The normalized spacial score (nSPS) is 18.6. The minimum Gasteiger partial charge on any atom is -0.484 e. The fourth-order valence-electron chi connectivity index (χ4n) is 1.86. The number of hydrogen-bond acceptors (Lipinski definition) is 4. The van der Waals surface area contributed by atoms with E-state index in [1.54, 1.807) is 6.07 Å². The van der Waals surface area contributed by atoms with Gasteiger partial charge in [0.1, 0.15) is 5.75 Å². The van der Waals surface area contributed by atoms with Crippen LogP contribution in [0.25, 0.3) is 0 Å². The van der Waals surface area contributed by atoms with Crippen molar-refractivity contribution in [3.63, 3.8) is 0 Å². The van der Waals surface area contributed by atoms with Gasteiger partial charge in [-0.25, -0.2) is 0 Å². The molecule has 0 aliphatic carbocycles. The number of carbonyl (C=O) groups excluding carboxylic acids is 1. The molecule has 5 heteroatoms. The number of hydrogen-bond donors (Lipinski definition) is 2. The Kier molecular flexibility index (Phi) is 4.41. The molecule has 1 amide bonds. The number of amides is 1. The molecule has 0 radical (unpaired) electrons. The molecule has 3 N–H and O–H groups in total. The van der Waals surface area contributed by atoms with Crippen LogP contribution in [0.15, 0.2) is 24.3 Å².